The van der Waals surface area contributed by atoms with Crippen LogP contribution in [0.1, 0.15) is 48.3 Å². The Morgan fingerprint density at radius 1 is 1.13 bits per heavy atom. The summed E-state index contributed by atoms with van der Waals surface area (Å²) in [6, 6.07) is 11.2. The van der Waals surface area contributed by atoms with Crippen molar-refractivity contribution in [2.24, 2.45) is 5.92 Å². The Morgan fingerprint density at radius 2 is 1.90 bits per heavy atom. The fourth-order valence-corrected chi connectivity index (χ4v) is 5.21. The van der Waals surface area contributed by atoms with Gasteiger partial charge in [0.05, 0.1) is 10.5 Å². The maximum absolute atomic E-state index is 13.6. The number of piperidine rings is 1. The lowest BCUT2D eigenvalue weighted by molar-refractivity contribution is -0.386. The Hall–Kier alpha value is -3.42. The van der Waals surface area contributed by atoms with Crippen LogP contribution in [0, 0.1) is 16.0 Å². The lowest BCUT2D eigenvalue weighted by Gasteiger charge is -2.42. The van der Waals surface area contributed by atoms with Crippen molar-refractivity contribution in [1.82, 2.24) is 14.0 Å². The molecule has 2 aliphatic rings. The number of amides is 1. The van der Waals surface area contributed by atoms with Crippen LogP contribution in [0.25, 0.3) is 10.9 Å². The quantitative estimate of drug-likeness (QED) is 0.479. The molecule has 4 heterocycles. The zero-order valence-electron chi connectivity index (χ0n) is 17.5. The van der Waals surface area contributed by atoms with Crippen molar-refractivity contribution in [3.63, 3.8) is 0 Å². The molecule has 2 atom stereocenters. The summed E-state index contributed by atoms with van der Waals surface area (Å²) in [5.74, 6) is 0.111. The van der Waals surface area contributed by atoms with E-state index in [2.05, 4.69) is 18.4 Å². The molecular formula is C23H24N4O4. The van der Waals surface area contributed by atoms with E-state index in [0.29, 0.717) is 25.2 Å². The van der Waals surface area contributed by atoms with Crippen LogP contribution in [-0.4, -0.2) is 38.0 Å². The van der Waals surface area contributed by atoms with Crippen LogP contribution in [0.15, 0.2) is 47.4 Å². The Morgan fingerprint density at radius 3 is 2.65 bits per heavy atom. The first-order valence-corrected chi connectivity index (χ1v) is 10.6. The molecule has 3 aromatic rings. The number of aromatic nitrogens is 2. The summed E-state index contributed by atoms with van der Waals surface area (Å²) in [7, 11) is 0. The minimum absolute atomic E-state index is 0.00279. The van der Waals surface area contributed by atoms with Gasteiger partial charge in [-0.1, -0.05) is 18.2 Å². The SMILES string of the molecule is CC(C)n1cc(C(=O)N2CC3CC(C2)c2ccc([N+](=O)[O-])c(=O)n2C3)c2ccccc21. The van der Waals surface area contributed by atoms with Gasteiger partial charge in [-0.15, -0.1) is 0 Å². The monoisotopic (exact) mass is 420 g/mol. The van der Waals surface area contributed by atoms with Gasteiger partial charge in [-0.3, -0.25) is 19.7 Å². The maximum Gasteiger partial charge on any atom is 0.334 e. The van der Waals surface area contributed by atoms with Crippen molar-refractivity contribution in [3.05, 3.63) is 74.3 Å². The molecule has 31 heavy (non-hydrogen) atoms. The van der Waals surface area contributed by atoms with E-state index >= 15 is 0 Å². The van der Waals surface area contributed by atoms with E-state index in [9.17, 15) is 19.7 Å². The molecule has 8 heteroatoms. The van der Waals surface area contributed by atoms with Crippen LogP contribution in [0.3, 0.4) is 0 Å². The van der Waals surface area contributed by atoms with E-state index in [1.807, 2.05) is 35.4 Å². The predicted octanol–water partition coefficient (Wildman–Crippen LogP) is 3.55. The van der Waals surface area contributed by atoms with Crippen molar-refractivity contribution in [2.45, 2.75) is 38.8 Å². The van der Waals surface area contributed by atoms with Crippen LogP contribution < -0.4 is 5.56 Å². The number of hydrogen-bond acceptors (Lipinski definition) is 4. The number of carbonyl (C=O) groups excluding carboxylic acids is 1. The maximum atomic E-state index is 13.6. The molecular weight excluding hydrogens is 396 g/mol. The highest BCUT2D eigenvalue weighted by Crippen LogP contribution is 2.37. The predicted molar refractivity (Wildman–Crippen MR) is 116 cm³/mol. The average Bonchev–Trinajstić information content (AvgIpc) is 3.13. The van der Waals surface area contributed by atoms with E-state index in [1.54, 1.807) is 10.6 Å². The van der Waals surface area contributed by atoms with E-state index in [4.69, 9.17) is 0 Å². The zero-order chi connectivity index (χ0) is 21.9. The van der Waals surface area contributed by atoms with Gasteiger partial charge < -0.3 is 14.0 Å². The number of benzene rings is 1. The number of pyridine rings is 1. The topological polar surface area (TPSA) is 90.4 Å². The van der Waals surface area contributed by atoms with Crippen molar-refractivity contribution >= 4 is 22.5 Å². The van der Waals surface area contributed by atoms with Crippen molar-refractivity contribution < 1.29 is 9.72 Å². The second kappa shape index (κ2) is 7.08. The standard InChI is InChI=1S/C23H24N4O4/c1-14(2)25-13-18(17-5-3-4-6-20(17)25)22(28)24-10-15-9-16(12-24)19-7-8-21(27(30)31)23(29)26(19)11-15/h3-8,13-16H,9-12H2,1-2H3. The summed E-state index contributed by atoms with van der Waals surface area (Å²) in [6.07, 6.45) is 2.83. The lowest BCUT2D eigenvalue weighted by Crippen LogP contribution is -2.49. The highest BCUT2D eigenvalue weighted by Gasteiger charge is 2.38. The molecule has 2 aromatic heterocycles. The fraction of sp³-hybridized carbons (Fsp3) is 0.391. The smallest absolute Gasteiger partial charge is 0.334 e. The number of carbonyl (C=O) groups is 1. The molecule has 1 aromatic carbocycles. The molecule has 1 saturated heterocycles. The van der Waals surface area contributed by atoms with E-state index < -0.39 is 16.2 Å². The Balaban J connectivity index is 1.50. The van der Waals surface area contributed by atoms with Gasteiger partial charge in [0.1, 0.15) is 0 Å². The largest absolute Gasteiger partial charge is 0.344 e. The van der Waals surface area contributed by atoms with Gasteiger partial charge in [-0.2, -0.15) is 0 Å². The van der Waals surface area contributed by atoms with Crippen molar-refractivity contribution in [1.29, 1.82) is 0 Å². The minimum atomic E-state index is -0.625. The number of rotatable bonds is 3. The summed E-state index contributed by atoms with van der Waals surface area (Å²) in [5.41, 5.74) is 1.59. The average molecular weight is 420 g/mol. The second-order valence-corrected chi connectivity index (χ2v) is 8.89. The van der Waals surface area contributed by atoms with Crippen LogP contribution >= 0.6 is 0 Å². The van der Waals surface area contributed by atoms with Gasteiger partial charge in [0.25, 0.3) is 5.91 Å². The van der Waals surface area contributed by atoms with Crippen LogP contribution in [0.2, 0.25) is 0 Å². The first-order valence-electron chi connectivity index (χ1n) is 10.6. The molecule has 2 bridgehead atoms. The summed E-state index contributed by atoms with van der Waals surface area (Å²) in [6.45, 7) is 5.66. The number of nitro groups is 1. The number of likely N-dealkylation sites (tertiary alicyclic amines) is 1. The van der Waals surface area contributed by atoms with Gasteiger partial charge >= 0.3 is 11.2 Å². The molecule has 160 valence electrons. The third-order valence-electron chi connectivity index (χ3n) is 6.60. The molecule has 5 rings (SSSR count). The minimum Gasteiger partial charge on any atom is -0.344 e. The second-order valence-electron chi connectivity index (χ2n) is 8.89. The van der Waals surface area contributed by atoms with E-state index in [0.717, 1.165) is 23.0 Å². The van der Waals surface area contributed by atoms with Gasteiger partial charge in [-0.25, -0.2) is 0 Å². The molecule has 0 spiro atoms. The number of fused-ring (bicyclic) bond motifs is 5. The third-order valence-corrected chi connectivity index (χ3v) is 6.60. The Bertz CT molecular complexity index is 1270. The Labute approximate surface area is 178 Å². The summed E-state index contributed by atoms with van der Waals surface area (Å²) in [5, 5.41) is 12.1. The number of nitrogens with zero attached hydrogens (tertiary/aromatic N) is 4. The molecule has 2 aliphatic heterocycles. The lowest BCUT2D eigenvalue weighted by atomic mass is 9.83. The highest BCUT2D eigenvalue weighted by molar-refractivity contribution is 6.07. The third kappa shape index (κ3) is 3.05. The molecule has 2 unspecified atom stereocenters. The molecule has 1 amide bonds. The van der Waals surface area contributed by atoms with Crippen LogP contribution in [-0.2, 0) is 6.54 Å². The molecule has 0 radical (unpaired) electrons. The first kappa shape index (κ1) is 19.5. The fourth-order valence-electron chi connectivity index (χ4n) is 5.21. The summed E-state index contributed by atoms with van der Waals surface area (Å²) in [4.78, 5) is 38.5. The normalized spacial score (nSPS) is 20.2. The molecule has 0 N–H and O–H groups in total. The molecule has 0 aliphatic carbocycles. The highest BCUT2D eigenvalue weighted by atomic mass is 16.6. The van der Waals surface area contributed by atoms with Gasteiger partial charge in [0.15, 0.2) is 0 Å². The molecule has 8 nitrogen and oxygen atoms in total. The van der Waals surface area contributed by atoms with E-state index in [1.165, 1.54) is 6.07 Å². The van der Waals surface area contributed by atoms with Crippen LogP contribution in [0.5, 0.6) is 0 Å². The van der Waals surface area contributed by atoms with Crippen molar-refractivity contribution in [2.75, 3.05) is 13.1 Å². The zero-order valence-corrected chi connectivity index (χ0v) is 17.5. The van der Waals surface area contributed by atoms with Gasteiger partial charge in [0, 0.05) is 60.5 Å². The van der Waals surface area contributed by atoms with Crippen molar-refractivity contribution in [3.8, 4) is 0 Å². The van der Waals surface area contributed by atoms with Gasteiger partial charge in [-0.05, 0) is 38.3 Å². The summed E-state index contributed by atoms with van der Waals surface area (Å²) >= 11 is 0. The summed E-state index contributed by atoms with van der Waals surface area (Å²) < 4.78 is 3.67. The number of para-hydroxylation sites is 1. The van der Waals surface area contributed by atoms with Crippen LogP contribution in [0.4, 0.5) is 5.69 Å². The molecule has 1 fully saturated rings. The van der Waals surface area contributed by atoms with Gasteiger partial charge in [0.2, 0.25) is 0 Å². The Kier molecular flexibility index (Phi) is 4.46. The first-order chi connectivity index (χ1) is 14.8. The number of hydrogen-bond donors (Lipinski definition) is 0. The van der Waals surface area contributed by atoms with E-state index in [-0.39, 0.29) is 23.8 Å². The molecule has 0 saturated carbocycles.